The first kappa shape index (κ1) is 20.2. The zero-order valence-electron chi connectivity index (χ0n) is 15.6. The van der Waals surface area contributed by atoms with Crippen molar-refractivity contribution in [1.82, 2.24) is 15.5 Å². The number of nitrogens with zero attached hydrogens (tertiary/aromatic N) is 1. The molecule has 136 valence electrons. The van der Waals surface area contributed by atoms with E-state index in [4.69, 9.17) is 4.42 Å². The van der Waals surface area contributed by atoms with Crippen molar-refractivity contribution in [1.29, 1.82) is 0 Å². The van der Waals surface area contributed by atoms with Crippen LogP contribution < -0.4 is 10.6 Å². The van der Waals surface area contributed by atoms with E-state index in [0.29, 0.717) is 18.6 Å². The van der Waals surface area contributed by atoms with E-state index in [9.17, 15) is 9.59 Å². The second kappa shape index (κ2) is 9.47. The molecule has 6 heteroatoms. The van der Waals surface area contributed by atoms with Gasteiger partial charge in [-0.05, 0) is 45.7 Å². The summed E-state index contributed by atoms with van der Waals surface area (Å²) >= 11 is 0. The highest BCUT2D eigenvalue weighted by atomic mass is 16.3. The fourth-order valence-electron chi connectivity index (χ4n) is 2.69. The monoisotopic (exact) mass is 337 g/mol. The van der Waals surface area contributed by atoms with Crippen LogP contribution in [0.25, 0.3) is 0 Å². The van der Waals surface area contributed by atoms with Crippen molar-refractivity contribution < 1.29 is 14.0 Å². The molecule has 0 aliphatic heterocycles. The standard InChI is InChI=1S/C18H31N3O3/c1-12(2)16(20-17(22)15-8-7-11-24-15)18(23)19-9-10-21(13(3)4)14(5)6/h7-8,11-14,16H,9-10H2,1-6H3,(H,19,23)(H,20,22)/t16-/m1/s1. The number of carbonyl (C=O) groups excluding carboxylic acids is 2. The van der Waals surface area contributed by atoms with Crippen molar-refractivity contribution in [3.05, 3.63) is 24.2 Å². The molecule has 1 heterocycles. The molecule has 2 amide bonds. The average Bonchev–Trinajstić information content (AvgIpc) is 3.01. The molecule has 0 radical (unpaired) electrons. The Hall–Kier alpha value is -1.82. The zero-order valence-corrected chi connectivity index (χ0v) is 15.6. The number of amides is 2. The van der Waals surface area contributed by atoms with Crippen LogP contribution in [0.5, 0.6) is 0 Å². The lowest BCUT2D eigenvalue weighted by Crippen LogP contribution is -2.51. The number of nitrogens with one attached hydrogen (secondary N) is 2. The van der Waals surface area contributed by atoms with Crippen LogP contribution in [0, 0.1) is 5.92 Å². The van der Waals surface area contributed by atoms with Crippen molar-refractivity contribution in [2.75, 3.05) is 13.1 Å². The Kier molecular flexibility index (Phi) is 7.98. The first-order valence-corrected chi connectivity index (χ1v) is 8.61. The van der Waals surface area contributed by atoms with Crippen molar-refractivity contribution >= 4 is 11.8 Å². The van der Waals surface area contributed by atoms with Gasteiger partial charge in [-0.25, -0.2) is 0 Å². The van der Waals surface area contributed by atoms with Crippen molar-refractivity contribution in [3.63, 3.8) is 0 Å². The smallest absolute Gasteiger partial charge is 0.287 e. The summed E-state index contributed by atoms with van der Waals surface area (Å²) in [5.41, 5.74) is 0. The zero-order chi connectivity index (χ0) is 18.3. The molecule has 24 heavy (non-hydrogen) atoms. The molecular weight excluding hydrogens is 306 g/mol. The van der Waals surface area contributed by atoms with Gasteiger partial charge in [0.15, 0.2) is 5.76 Å². The van der Waals surface area contributed by atoms with Crippen molar-refractivity contribution in [2.45, 2.75) is 59.7 Å². The SMILES string of the molecule is CC(C)[C@@H](NC(=O)c1ccco1)C(=O)NCCN(C(C)C)C(C)C. The van der Waals surface area contributed by atoms with E-state index in [1.54, 1.807) is 12.1 Å². The van der Waals surface area contributed by atoms with Crippen LogP contribution >= 0.6 is 0 Å². The van der Waals surface area contributed by atoms with Gasteiger partial charge in [-0.15, -0.1) is 0 Å². The van der Waals surface area contributed by atoms with Crippen LogP contribution in [0.4, 0.5) is 0 Å². The third-order valence-corrected chi connectivity index (χ3v) is 3.98. The second-order valence-electron chi connectivity index (χ2n) is 6.89. The number of carbonyl (C=O) groups is 2. The van der Waals surface area contributed by atoms with Crippen LogP contribution in [-0.2, 0) is 4.79 Å². The highest BCUT2D eigenvalue weighted by Crippen LogP contribution is 2.07. The van der Waals surface area contributed by atoms with Gasteiger partial charge >= 0.3 is 0 Å². The van der Waals surface area contributed by atoms with Gasteiger partial charge in [0.25, 0.3) is 5.91 Å². The molecule has 0 aromatic carbocycles. The molecule has 0 fully saturated rings. The highest BCUT2D eigenvalue weighted by molar-refractivity contribution is 5.95. The summed E-state index contributed by atoms with van der Waals surface area (Å²) in [6.45, 7) is 13.7. The Morgan fingerprint density at radius 3 is 2.21 bits per heavy atom. The molecule has 6 nitrogen and oxygen atoms in total. The quantitative estimate of drug-likeness (QED) is 0.725. The van der Waals surface area contributed by atoms with Gasteiger partial charge < -0.3 is 15.1 Å². The molecule has 2 N–H and O–H groups in total. The first-order valence-electron chi connectivity index (χ1n) is 8.61. The maximum absolute atomic E-state index is 12.4. The molecular formula is C18H31N3O3. The lowest BCUT2D eigenvalue weighted by Gasteiger charge is -2.31. The third-order valence-electron chi connectivity index (χ3n) is 3.98. The van der Waals surface area contributed by atoms with Crippen molar-refractivity contribution in [2.24, 2.45) is 5.92 Å². The Bertz CT molecular complexity index is 502. The Labute approximate surface area is 145 Å². The minimum atomic E-state index is -0.589. The van der Waals surface area contributed by atoms with E-state index < -0.39 is 6.04 Å². The van der Waals surface area contributed by atoms with Crippen LogP contribution in [0.2, 0.25) is 0 Å². The molecule has 1 aromatic rings. The summed E-state index contributed by atoms with van der Waals surface area (Å²) in [7, 11) is 0. The molecule has 0 bridgehead atoms. The van der Waals surface area contributed by atoms with Crippen LogP contribution in [-0.4, -0.2) is 47.9 Å². The predicted molar refractivity (Wildman–Crippen MR) is 94.8 cm³/mol. The fourth-order valence-corrected chi connectivity index (χ4v) is 2.69. The van der Waals surface area contributed by atoms with E-state index in [2.05, 4.69) is 43.2 Å². The summed E-state index contributed by atoms with van der Waals surface area (Å²) in [5.74, 6) is -0.355. The van der Waals surface area contributed by atoms with Crippen LogP contribution in [0.3, 0.4) is 0 Å². The lowest BCUT2D eigenvalue weighted by atomic mass is 10.0. The first-order chi connectivity index (χ1) is 11.2. The molecule has 1 aromatic heterocycles. The molecule has 0 spiro atoms. The molecule has 0 saturated heterocycles. The summed E-state index contributed by atoms with van der Waals surface area (Å²) in [5, 5.41) is 5.67. The van der Waals surface area contributed by atoms with Crippen molar-refractivity contribution in [3.8, 4) is 0 Å². The summed E-state index contributed by atoms with van der Waals surface area (Å²) < 4.78 is 5.07. The Balaban J connectivity index is 2.56. The maximum atomic E-state index is 12.4. The minimum absolute atomic E-state index is 0.0183. The molecule has 0 unspecified atom stereocenters. The van der Waals surface area contributed by atoms with E-state index >= 15 is 0 Å². The van der Waals surface area contributed by atoms with Gasteiger partial charge in [0.05, 0.1) is 6.26 Å². The topological polar surface area (TPSA) is 74.6 Å². The lowest BCUT2D eigenvalue weighted by molar-refractivity contribution is -0.124. The molecule has 1 rings (SSSR count). The normalized spacial score (nSPS) is 12.9. The van der Waals surface area contributed by atoms with Gasteiger partial charge in [0.2, 0.25) is 5.91 Å². The fraction of sp³-hybridized carbons (Fsp3) is 0.667. The summed E-state index contributed by atoms with van der Waals surface area (Å²) in [4.78, 5) is 26.8. The third kappa shape index (κ3) is 6.00. The molecule has 0 saturated carbocycles. The van der Waals surface area contributed by atoms with E-state index in [0.717, 1.165) is 6.54 Å². The summed E-state index contributed by atoms with van der Waals surface area (Å²) in [6.07, 6.45) is 1.44. The van der Waals surface area contributed by atoms with E-state index in [-0.39, 0.29) is 23.5 Å². The second-order valence-corrected chi connectivity index (χ2v) is 6.89. The Morgan fingerprint density at radius 1 is 1.12 bits per heavy atom. The average molecular weight is 337 g/mol. The highest BCUT2D eigenvalue weighted by Gasteiger charge is 2.25. The molecule has 0 aliphatic carbocycles. The van der Waals surface area contributed by atoms with Gasteiger partial charge in [0, 0.05) is 25.2 Å². The summed E-state index contributed by atoms with van der Waals surface area (Å²) in [6, 6.07) is 3.47. The van der Waals surface area contributed by atoms with Gasteiger partial charge in [-0.3, -0.25) is 14.5 Å². The van der Waals surface area contributed by atoms with Gasteiger partial charge in [-0.1, -0.05) is 13.8 Å². The Morgan fingerprint density at radius 2 is 1.75 bits per heavy atom. The molecule has 1 atom stereocenters. The van der Waals surface area contributed by atoms with Crippen LogP contribution in [0.15, 0.2) is 22.8 Å². The number of hydrogen-bond acceptors (Lipinski definition) is 4. The molecule has 0 aliphatic rings. The maximum Gasteiger partial charge on any atom is 0.287 e. The van der Waals surface area contributed by atoms with Gasteiger partial charge in [0.1, 0.15) is 6.04 Å². The number of rotatable bonds is 9. The number of furan rings is 1. The van der Waals surface area contributed by atoms with Gasteiger partial charge in [-0.2, -0.15) is 0 Å². The largest absolute Gasteiger partial charge is 0.459 e. The predicted octanol–water partition coefficient (Wildman–Crippen LogP) is 2.27. The minimum Gasteiger partial charge on any atom is -0.459 e. The van der Waals surface area contributed by atoms with Crippen LogP contribution in [0.1, 0.15) is 52.1 Å². The van der Waals surface area contributed by atoms with E-state index in [1.807, 2.05) is 13.8 Å². The number of hydrogen-bond donors (Lipinski definition) is 2. The van der Waals surface area contributed by atoms with E-state index in [1.165, 1.54) is 6.26 Å².